The summed E-state index contributed by atoms with van der Waals surface area (Å²) < 4.78 is 0.989. The molecular formula is C13H18BrN3O. The third-order valence-electron chi connectivity index (χ3n) is 3.41. The normalized spacial score (nSPS) is 19.9. The molecular weight excluding hydrogens is 294 g/mol. The molecule has 4 N–H and O–H groups in total. The van der Waals surface area contributed by atoms with Gasteiger partial charge in [0.2, 0.25) is 5.91 Å². The van der Waals surface area contributed by atoms with Crippen LogP contribution in [0.4, 0.5) is 5.69 Å². The standard InChI is InChI=1S/C13H18BrN3O/c14-10-5-4-9(8-15)12(7-10)17-6-2-1-3-11(17)13(16)18/h4-5,7,11H,1-3,6,8,15H2,(H2,16,18). The topological polar surface area (TPSA) is 72.3 Å². The van der Waals surface area contributed by atoms with E-state index in [0.717, 1.165) is 41.5 Å². The van der Waals surface area contributed by atoms with Gasteiger partial charge in [-0.05, 0) is 37.0 Å². The van der Waals surface area contributed by atoms with E-state index in [4.69, 9.17) is 11.5 Å². The zero-order valence-electron chi connectivity index (χ0n) is 10.2. The molecule has 1 saturated heterocycles. The molecule has 0 spiro atoms. The van der Waals surface area contributed by atoms with Crippen molar-refractivity contribution in [2.24, 2.45) is 11.5 Å². The van der Waals surface area contributed by atoms with E-state index in [0.29, 0.717) is 6.54 Å². The maximum atomic E-state index is 11.6. The Bertz CT molecular complexity index is 450. The maximum absolute atomic E-state index is 11.6. The van der Waals surface area contributed by atoms with Gasteiger partial charge in [-0.1, -0.05) is 22.0 Å². The van der Waals surface area contributed by atoms with Crippen LogP contribution in [0, 0.1) is 0 Å². The van der Waals surface area contributed by atoms with Gasteiger partial charge >= 0.3 is 0 Å². The lowest BCUT2D eigenvalue weighted by molar-refractivity contribution is -0.119. The van der Waals surface area contributed by atoms with E-state index in [9.17, 15) is 4.79 Å². The Balaban J connectivity index is 2.38. The Morgan fingerprint density at radius 1 is 1.44 bits per heavy atom. The number of piperidine rings is 1. The third-order valence-corrected chi connectivity index (χ3v) is 3.90. The first kappa shape index (κ1) is 13.4. The predicted molar refractivity (Wildman–Crippen MR) is 76.2 cm³/mol. The van der Waals surface area contributed by atoms with E-state index in [1.165, 1.54) is 0 Å². The minimum absolute atomic E-state index is 0.210. The van der Waals surface area contributed by atoms with Crippen LogP contribution in [-0.4, -0.2) is 18.5 Å². The Morgan fingerprint density at radius 3 is 2.89 bits per heavy atom. The van der Waals surface area contributed by atoms with Gasteiger partial charge in [-0.2, -0.15) is 0 Å². The van der Waals surface area contributed by atoms with Gasteiger partial charge in [0, 0.05) is 23.2 Å². The molecule has 18 heavy (non-hydrogen) atoms. The molecule has 1 aliphatic rings. The SMILES string of the molecule is NCc1ccc(Br)cc1N1CCCCC1C(N)=O. The van der Waals surface area contributed by atoms with Crippen LogP contribution < -0.4 is 16.4 Å². The van der Waals surface area contributed by atoms with Gasteiger partial charge in [0.15, 0.2) is 0 Å². The fraction of sp³-hybridized carbons (Fsp3) is 0.462. The summed E-state index contributed by atoms with van der Waals surface area (Å²) in [7, 11) is 0. The number of amides is 1. The van der Waals surface area contributed by atoms with Crippen molar-refractivity contribution < 1.29 is 4.79 Å². The van der Waals surface area contributed by atoms with Gasteiger partial charge < -0.3 is 16.4 Å². The molecule has 0 radical (unpaired) electrons. The number of carbonyl (C=O) groups excluding carboxylic acids is 1. The first-order chi connectivity index (χ1) is 8.63. The van der Waals surface area contributed by atoms with Crippen molar-refractivity contribution in [1.29, 1.82) is 0 Å². The first-order valence-electron chi connectivity index (χ1n) is 6.18. The zero-order chi connectivity index (χ0) is 13.1. The quantitative estimate of drug-likeness (QED) is 0.893. The van der Waals surface area contributed by atoms with Gasteiger partial charge in [0.25, 0.3) is 0 Å². The summed E-state index contributed by atoms with van der Waals surface area (Å²) in [6, 6.07) is 5.77. The zero-order valence-corrected chi connectivity index (χ0v) is 11.8. The summed E-state index contributed by atoms with van der Waals surface area (Å²) in [5.41, 5.74) is 13.3. The number of halogens is 1. The number of hydrogen-bond acceptors (Lipinski definition) is 3. The summed E-state index contributed by atoms with van der Waals surface area (Å²) in [6.07, 6.45) is 2.96. The molecule has 0 bridgehead atoms. The molecule has 1 aromatic carbocycles. The molecule has 2 rings (SSSR count). The van der Waals surface area contributed by atoms with E-state index < -0.39 is 0 Å². The fourth-order valence-electron chi connectivity index (χ4n) is 2.49. The maximum Gasteiger partial charge on any atom is 0.240 e. The second-order valence-corrected chi connectivity index (χ2v) is 5.50. The van der Waals surface area contributed by atoms with Gasteiger partial charge in [0.1, 0.15) is 6.04 Å². The van der Waals surface area contributed by atoms with E-state index in [1.54, 1.807) is 0 Å². The van der Waals surface area contributed by atoms with Gasteiger partial charge in [-0.25, -0.2) is 0 Å². The van der Waals surface area contributed by atoms with Gasteiger partial charge in [0.05, 0.1) is 0 Å². The Morgan fingerprint density at radius 2 is 2.22 bits per heavy atom. The number of rotatable bonds is 3. The summed E-state index contributed by atoms with van der Waals surface area (Å²) >= 11 is 3.47. The number of hydrogen-bond donors (Lipinski definition) is 2. The number of nitrogens with zero attached hydrogens (tertiary/aromatic N) is 1. The van der Waals surface area contributed by atoms with Crippen molar-refractivity contribution in [2.45, 2.75) is 31.8 Å². The van der Waals surface area contributed by atoms with Crippen LogP contribution in [0.15, 0.2) is 22.7 Å². The van der Waals surface area contributed by atoms with Crippen molar-refractivity contribution in [3.05, 3.63) is 28.2 Å². The van der Waals surface area contributed by atoms with Crippen molar-refractivity contribution >= 4 is 27.5 Å². The highest BCUT2D eigenvalue weighted by Crippen LogP contribution is 2.30. The molecule has 1 unspecified atom stereocenters. The molecule has 1 heterocycles. The molecule has 5 heteroatoms. The summed E-state index contributed by atoms with van der Waals surface area (Å²) in [5.74, 6) is -0.252. The molecule has 1 fully saturated rings. The smallest absolute Gasteiger partial charge is 0.240 e. The van der Waals surface area contributed by atoms with Crippen molar-refractivity contribution in [3.63, 3.8) is 0 Å². The molecule has 98 valence electrons. The first-order valence-corrected chi connectivity index (χ1v) is 6.97. The molecule has 0 aliphatic carbocycles. The highest BCUT2D eigenvalue weighted by atomic mass is 79.9. The molecule has 0 aromatic heterocycles. The molecule has 1 atom stereocenters. The Hall–Kier alpha value is -1.07. The Kier molecular flexibility index (Phi) is 4.24. The molecule has 1 amide bonds. The van der Waals surface area contributed by atoms with Gasteiger partial charge in [-0.3, -0.25) is 4.79 Å². The summed E-state index contributed by atoms with van der Waals surface area (Å²) in [5, 5.41) is 0. The van der Waals surface area contributed by atoms with Crippen molar-refractivity contribution in [3.8, 4) is 0 Å². The van der Waals surface area contributed by atoms with Crippen LogP contribution in [-0.2, 0) is 11.3 Å². The lowest BCUT2D eigenvalue weighted by atomic mass is 9.99. The van der Waals surface area contributed by atoms with E-state index >= 15 is 0 Å². The minimum Gasteiger partial charge on any atom is -0.368 e. The number of nitrogens with two attached hydrogens (primary N) is 2. The van der Waals surface area contributed by atoms with Crippen LogP contribution in [0.1, 0.15) is 24.8 Å². The average Bonchev–Trinajstić information content (AvgIpc) is 2.38. The number of benzene rings is 1. The monoisotopic (exact) mass is 311 g/mol. The lowest BCUT2D eigenvalue weighted by Gasteiger charge is -2.36. The molecule has 4 nitrogen and oxygen atoms in total. The van der Waals surface area contributed by atoms with Crippen LogP contribution in [0.25, 0.3) is 0 Å². The lowest BCUT2D eigenvalue weighted by Crippen LogP contribution is -2.48. The van der Waals surface area contributed by atoms with Crippen LogP contribution in [0.5, 0.6) is 0 Å². The van der Waals surface area contributed by atoms with E-state index in [2.05, 4.69) is 20.8 Å². The second kappa shape index (κ2) is 5.71. The van der Waals surface area contributed by atoms with Crippen molar-refractivity contribution in [1.82, 2.24) is 0 Å². The molecule has 1 aliphatic heterocycles. The number of primary amides is 1. The number of anilines is 1. The molecule has 0 saturated carbocycles. The van der Waals surface area contributed by atoms with Crippen LogP contribution in [0.2, 0.25) is 0 Å². The third kappa shape index (κ3) is 2.67. The van der Waals surface area contributed by atoms with Crippen molar-refractivity contribution in [2.75, 3.05) is 11.4 Å². The van der Waals surface area contributed by atoms with E-state index in [-0.39, 0.29) is 11.9 Å². The fourth-order valence-corrected chi connectivity index (χ4v) is 2.84. The average molecular weight is 312 g/mol. The minimum atomic E-state index is -0.252. The largest absolute Gasteiger partial charge is 0.368 e. The second-order valence-electron chi connectivity index (χ2n) is 4.58. The summed E-state index contributed by atoms with van der Waals surface area (Å²) in [4.78, 5) is 13.7. The highest BCUT2D eigenvalue weighted by molar-refractivity contribution is 9.10. The Labute approximate surface area is 115 Å². The summed E-state index contributed by atoms with van der Waals surface area (Å²) in [6.45, 7) is 1.32. The predicted octanol–water partition coefficient (Wildman–Crippen LogP) is 1.75. The highest BCUT2D eigenvalue weighted by Gasteiger charge is 2.28. The molecule has 1 aromatic rings. The van der Waals surface area contributed by atoms with Crippen LogP contribution >= 0.6 is 15.9 Å². The van der Waals surface area contributed by atoms with Crippen LogP contribution in [0.3, 0.4) is 0 Å². The van der Waals surface area contributed by atoms with E-state index in [1.807, 2.05) is 18.2 Å². The van der Waals surface area contributed by atoms with Gasteiger partial charge in [-0.15, -0.1) is 0 Å². The number of carbonyl (C=O) groups is 1.